The van der Waals surface area contributed by atoms with Crippen molar-refractivity contribution in [3.05, 3.63) is 23.8 Å². The van der Waals surface area contributed by atoms with Crippen molar-refractivity contribution in [2.45, 2.75) is 53.2 Å². The summed E-state index contributed by atoms with van der Waals surface area (Å²) in [5, 5.41) is 0. The molecule has 0 aromatic carbocycles. The van der Waals surface area contributed by atoms with Crippen LogP contribution in [0.1, 0.15) is 41.5 Å². The highest BCUT2D eigenvalue weighted by Crippen LogP contribution is 2.21. The van der Waals surface area contributed by atoms with E-state index in [4.69, 9.17) is 14.2 Å². The molecule has 1 aliphatic carbocycles. The zero-order chi connectivity index (χ0) is 19.2. The van der Waals surface area contributed by atoms with E-state index < -0.39 is 11.6 Å². The normalized spacial score (nSPS) is 23.3. The van der Waals surface area contributed by atoms with Crippen LogP contribution < -0.4 is 0 Å². The zero-order valence-corrected chi connectivity index (χ0v) is 16.3. The Morgan fingerprint density at radius 1 is 1.26 bits per heavy atom. The summed E-state index contributed by atoms with van der Waals surface area (Å²) in [7, 11) is 0. The predicted molar refractivity (Wildman–Crippen MR) is 106 cm³/mol. The fourth-order valence-electron chi connectivity index (χ4n) is 2.90. The van der Waals surface area contributed by atoms with Gasteiger partial charge >= 0.3 is 5.97 Å². The maximum Gasteiger partial charge on any atom is 0.332 e. The number of morpholine rings is 1. The Morgan fingerprint density at radius 3 is 2.56 bits per heavy atom. The maximum atomic E-state index is 12.5. The first-order valence-electron chi connectivity index (χ1n) is 9.31. The molecule has 1 fully saturated rings. The summed E-state index contributed by atoms with van der Waals surface area (Å²) in [5.74, 6) is -0.188. The van der Waals surface area contributed by atoms with E-state index in [1.165, 1.54) is 0 Å². The lowest BCUT2D eigenvalue weighted by atomic mass is 9.92. The number of Topliss-reactive ketones (excluding diaryl/α,β-unsaturated/α-hetero) is 1. The molecule has 2 unspecified atom stereocenters. The highest BCUT2D eigenvalue weighted by atomic mass is 16.6. The van der Waals surface area contributed by atoms with Crippen LogP contribution in [0.15, 0.2) is 23.8 Å². The highest BCUT2D eigenvalue weighted by molar-refractivity contribution is 5.98. The van der Waals surface area contributed by atoms with Crippen LogP contribution in [0, 0.1) is 5.92 Å². The Kier molecular flexibility index (Phi) is 9.36. The summed E-state index contributed by atoms with van der Waals surface area (Å²) in [6.45, 7) is 11.3. The van der Waals surface area contributed by atoms with Crippen molar-refractivity contribution >= 4 is 11.8 Å². The van der Waals surface area contributed by atoms with E-state index in [0.29, 0.717) is 12.0 Å². The third-order valence-corrected chi connectivity index (χ3v) is 4.34. The van der Waals surface area contributed by atoms with Crippen molar-refractivity contribution in [3.63, 3.8) is 0 Å². The van der Waals surface area contributed by atoms with Crippen LogP contribution in [0.25, 0.3) is 0 Å². The molecule has 1 aliphatic heterocycles. The van der Waals surface area contributed by atoms with Crippen LogP contribution in [-0.4, -0.2) is 67.8 Å². The van der Waals surface area contributed by atoms with Gasteiger partial charge in [0.25, 0.3) is 0 Å². The Balaban J connectivity index is 0.00000364. The molecule has 0 amide bonds. The molecule has 0 aromatic heterocycles. The van der Waals surface area contributed by atoms with Gasteiger partial charge in [-0.15, -0.1) is 0 Å². The van der Waals surface area contributed by atoms with E-state index >= 15 is 0 Å². The summed E-state index contributed by atoms with van der Waals surface area (Å²) in [6, 6.07) is 0. The van der Waals surface area contributed by atoms with E-state index in [2.05, 4.69) is 4.90 Å². The molecular weight excluding hydrogens is 346 g/mol. The van der Waals surface area contributed by atoms with Gasteiger partial charge in [-0.05, 0) is 26.8 Å². The van der Waals surface area contributed by atoms with Crippen LogP contribution >= 0.6 is 0 Å². The standard InChI is InChI=1S/C20H31NO5.CH4/c1-15-5-6-16(17(22)7-8-21-9-11-24-12-10-21)13-18(15)25-14-19(23)26-20(2,3)4;/h5-6,13,15,18H,7-12,14H2,1-4H3;1H4. The molecule has 27 heavy (non-hydrogen) atoms. The Labute approximate surface area is 163 Å². The zero-order valence-electron chi connectivity index (χ0n) is 16.3. The SMILES string of the molecule is C.CC1C=CC(C(=O)CCN2CCOCC2)=CC1OCC(=O)OC(C)(C)C. The van der Waals surface area contributed by atoms with E-state index in [1.807, 2.05) is 45.9 Å². The summed E-state index contributed by atoms with van der Waals surface area (Å²) in [6.07, 6.45) is 5.83. The quantitative estimate of drug-likeness (QED) is 0.632. The van der Waals surface area contributed by atoms with Gasteiger partial charge in [-0.1, -0.05) is 26.5 Å². The molecule has 2 aliphatic rings. The second-order valence-corrected chi connectivity index (χ2v) is 7.83. The van der Waals surface area contributed by atoms with E-state index in [1.54, 1.807) is 0 Å². The molecule has 0 bridgehead atoms. The minimum atomic E-state index is -0.533. The molecule has 0 aromatic rings. The van der Waals surface area contributed by atoms with E-state index in [-0.39, 0.29) is 31.8 Å². The monoisotopic (exact) mass is 381 g/mol. The fraction of sp³-hybridized carbons (Fsp3) is 0.714. The van der Waals surface area contributed by atoms with Gasteiger partial charge in [0.1, 0.15) is 12.2 Å². The average molecular weight is 382 g/mol. The maximum absolute atomic E-state index is 12.5. The van der Waals surface area contributed by atoms with Crippen molar-refractivity contribution < 1.29 is 23.8 Å². The molecule has 2 atom stereocenters. The van der Waals surface area contributed by atoms with Crippen LogP contribution in [0.2, 0.25) is 0 Å². The van der Waals surface area contributed by atoms with E-state index in [9.17, 15) is 9.59 Å². The molecule has 1 saturated heterocycles. The third kappa shape index (κ3) is 8.37. The fourth-order valence-corrected chi connectivity index (χ4v) is 2.90. The number of allylic oxidation sites excluding steroid dienone is 2. The number of rotatable bonds is 7. The van der Waals surface area contributed by atoms with Gasteiger partial charge in [-0.3, -0.25) is 9.69 Å². The minimum absolute atomic E-state index is 0. The number of nitrogens with zero attached hydrogens (tertiary/aromatic N) is 1. The number of hydrogen-bond donors (Lipinski definition) is 0. The molecule has 2 rings (SSSR count). The molecule has 6 heteroatoms. The summed E-state index contributed by atoms with van der Waals surface area (Å²) >= 11 is 0. The topological polar surface area (TPSA) is 65.1 Å². The van der Waals surface area contributed by atoms with Crippen molar-refractivity contribution in [2.24, 2.45) is 5.92 Å². The lowest BCUT2D eigenvalue weighted by molar-refractivity contribution is -0.161. The Hall–Kier alpha value is -1.50. The summed E-state index contributed by atoms with van der Waals surface area (Å²) < 4.78 is 16.3. The van der Waals surface area contributed by atoms with E-state index in [0.717, 1.165) is 32.8 Å². The Bertz CT molecular complexity index is 555. The number of carbonyl (C=O) groups excluding carboxylic acids is 2. The molecule has 0 saturated carbocycles. The van der Waals surface area contributed by atoms with Crippen molar-refractivity contribution in [1.29, 1.82) is 0 Å². The first kappa shape index (κ1) is 23.5. The number of carbonyl (C=O) groups is 2. The Morgan fingerprint density at radius 2 is 1.93 bits per heavy atom. The number of ketones is 1. The molecule has 1 heterocycles. The second-order valence-electron chi connectivity index (χ2n) is 7.83. The van der Waals surface area contributed by atoms with Gasteiger partial charge in [0.2, 0.25) is 0 Å². The lowest BCUT2D eigenvalue weighted by Crippen LogP contribution is -2.37. The van der Waals surface area contributed by atoms with Crippen molar-refractivity contribution in [3.8, 4) is 0 Å². The second kappa shape index (κ2) is 10.7. The summed E-state index contributed by atoms with van der Waals surface area (Å²) in [4.78, 5) is 26.6. The lowest BCUT2D eigenvalue weighted by Gasteiger charge is -2.27. The molecule has 154 valence electrons. The predicted octanol–water partition coefficient (Wildman–Crippen LogP) is 2.77. The largest absolute Gasteiger partial charge is 0.458 e. The van der Waals surface area contributed by atoms with Gasteiger partial charge in [0, 0.05) is 37.5 Å². The average Bonchev–Trinajstić information content (AvgIpc) is 2.58. The van der Waals surface area contributed by atoms with Gasteiger partial charge in [-0.2, -0.15) is 0 Å². The summed E-state index contributed by atoms with van der Waals surface area (Å²) in [5.41, 5.74) is 0.125. The molecule has 0 N–H and O–H groups in total. The van der Waals surface area contributed by atoms with Crippen LogP contribution in [-0.2, 0) is 23.8 Å². The van der Waals surface area contributed by atoms with Gasteiger partial charge in [0.15, 0.2) is 5.78 Å². The van der Waals surface area contributed by atoms with Crippen molar-refractivity contribution in [2.75, 3.05) is 39.5 Å². The third-order valence-electron chi connectivity index (χ3n) is 4.34. The van der Waals surface area contributed by atoms with Crippen molar-refractivity contribution in [1.82, 2.24) is 4.90 Å². The minimum Gasteiger partial charge on any atom is -0.458 e. The van der Waals surface area contributed by atoms with Gasteiger partial charge in [0.05, 0.1) is 19.3 Å². The molecule has 6 nitrogen and oxygen atoms in total. The number of esters is 1. The smallest absolute Gasteiger partial charge is 0.332 e. The molecular formula is C21H35NO5. The van der Waals surface area contributed by atoms with Crippen LogP contribution in [0.5, 0.6) is 0 Å². The highest BCUT2D eigenvalue weighted by Gasteiger charge is 2.23. The number of hydrogen-bond acceptors (Lipinski definition) is 6. The molecule has 0 radical (unpaired) electrons. The van der Waals surface area contributed by atoms with Gasteiger partial charge < -0.3 is 14.2 Å². The first-order chi connectivity index (χ1) is 12.2. The van der Waals surface area contributed by atoms with Crippen LogP contribution in [0.3, 0.4) is 0 Å². The van der Waals surface area contributed by atoms with Crippen LogP contribution in [0.4, 0.5) is 0 Å². The number of ether oxygens (including phenoxy) is 3. The molecule has 0 spiro atoms. The van der Waals surface area contributed by atoms with Gasteiger partial charge in [-0.25, -0.2) is 4.79 Å². The first-order valence-corrected chi connectivity index (χ1v) is 9.31.